The molecule has 0 saturated carbocycles. The van der Waals surface area contributed by atoms with Crippen molar-refractivity contribution in [3.8, 4) is 16.9 Å². The summed E-state index contributed by atoms with van der Waals surface area (Å²) >= 11 is 5.99. The Labute approximate surface area is 178 Å². The first-order chi connectivity index (χ1) is 13.8. The van der Waals surface area contributed by atoms with Crippen molar-refractivity contribution in [1.29, 1.82) is 0 Å². The summed E-state index contributed by atoms with van der Waals surface area (Å²) in [6, 6.07) is 2.68. The highest BCUT2D eigenvalue weighted by atomic mass is 35.5. The zero-order chi connectivity index (χ0) is 22.4. The maximum Gasteiger partial charge on any atom is 0.222 e. The van der Waals surface area contributed by atoms with Crippen molar-refractivity contribution in [3.63, 3.8) is 0 Å². The number of pyridine rings is 2. The summed E-state index contributed by atoms with van der Waals surface area (Å²) in [7, 11) is -3.85. The van der Waals surface area contributed by atoms with Crippen molar-refractivity contribution in [2.45, 2.75) is 43.4 Å². The second-order valence-corrected chi connectivity index (χ2v) is 10.9. The highest BCUT2D eigenvalue weighted by Crippen LogP contribution is 2.37. The minimum atomic E-state index is -3.85. The molecule has 0 fully saturated rings. The number of nitrogen functional groups attached to an aromatic ring is 1. The van der Waals surface area contributed by atoms with Crippen LogP contribution >= 0.6 is 11.6 Å². The van der Waals surface area contributed by atoms with E-state index >= 15 is 0 Å². The maximum absolute atomic E-state index is 14.5. The predicted octanol–water partition coefficient (Wildman–Crippen LogP) is 3.10. The number of halogens is 2. The van der Waals surface area contributed by atoms with Crippen LogP contribution < -0.4 is 10.5 Å². The lowest BCUT2D eigenvalue weighted by Gasteiger charge is -2.22. The molecule has 30 heavy (non-hydrogen) atoms. The normalized spacial score (nSPS) is 13.6. The van der Waals surface area contributed by atoms with Gasteiger partial charge in [0.25, 0.3) is 0 Å². The van der Waals surface area contributed by atoms with Crippen LogP contribution in [0.15, 0.2) is 29.4 Å². The molecule has 3 aromatic heterocycles. The van der Waals surface area contributed by atoms with Crippen molar-refractivity contribution >= 4 is 32.8 Å². The van der Waals surface area contributed by atoms with Gasteiger partial charge in [-0.3, -0.25) is 0 Å². The van der Waals surface area contributed by atoms with Crippen LogP contribution in [0.1, 0.15) is 27.7 Å². The smallest absolute Gasteiger partial charge is 0.222 e. The first-order valence-electron chi connectivity index (χ1n) is 9.01. The van der Waals surface area contributed by atoms with E-state index in [1.807, 2.05) is 0 Å². The molecule has 0 unspecified atom stereocenters. The topological polar surface area (TPSA) is 120 Å². The molecule has 0 amide bonds. The molecule has 8 nitrogen and oxygen atoms in total. The Morgan fingerprint density at radius 1 is 1.33 bits per heavy atom. The van der Waals surface area contributed by atoms with Gasteiger partial charge in [0.15, 0.2) is 15.6 Å². The van der Waals surface area contributed by atoms with E-state index in [4.69, 9.17) is 22.1 Å². The van der Waals surface area contributed by atoms with Crippen molar-refractivity contribution in [1.82, 2.24) is 14.6 Å². The zero-order valence-electron chi connectivity index (χ0n) is 16.8. The van der Waals surface area contributed by atoms with Gasteiger partial charge in [-0.25, -0.2) is 17.9 Å². The van der Waals surface area contributed by atoms with Crippen molar-refractivity contribution in [2.75, 3.05) is 12.3 Å². The predicted molar refractivity (Wildman–Crippen MR) is 112 cm³/mol. The quantitative estimate of drug-likeness (QED) is 0.566. The van der Waals surface area contributed by atoms with Crippen LogP contribution in [-0.4, -0.2) is 45.6 Å². The largest absolute Gasteiger partial charge is 0.488 e. The molecule has 162 valence electrons. The number of sulfone groups is 1. The molecular weight excluding hydrogens is 435 g/mol. The van der Waals surface area contributed by atoms with Gasteiger partial charge in [-0.15, -0.1) is 0 Å². The van der Waals surface area contributed by atoms with Crippen LogP contribution in [0.5, 0.6) is 5.75 Å². The second kappa shape index (κ2) is 7.68. The van der Waals surface area contributed by atoms with E-state index in [0.717, 1.165) is 0 Å². The number of nitrogens with two attached hydrogens (primary N) is 1. The third kappa shape index (κ3) is 3.94. The lowest BCUT2D eigenvalue weighted by Crippen LogP contribution is -2.29. The second-order valence-electron chi connectivity index (χ2n) is 7.86. The molecule has 3 rings (SSSR count). The summed E-state index contributed by atoms with van der Waals surface area (Å²) in [5, 5.41) is 13.8. The van der Waals surface area contributed by atoms with Gasteiger partial charge in [-0.05, 0) is 39.8 Å². The van der Waals surface area contributed by atoms with Crippen LogP contribution in [-0.2, 0) is 9.84 Å². The summed E-state index contributed by atoms with van der Waals surface area (Å²) in [6.07, 6.45) is 1.94. The first-order valence-corrected chi connectivity index (χ1v) is 10.9. The highest BCUT2D eigenvalue weighted by molar-refractivity contribution is 7.92. The maximum atomic E-state index is 14.5. The molecule has 0 aliphatic rings. The van der Waals surface area contributed by atoms with Gasteiger partial charge in [0.1, 0.15) is 17.3 Å². The summed E-state index contributed by atoms with van der Waals surface area (Å²) in [4.78, 5) is 3.49. The van der Waals surface area contributed by atoms with E-state index < -0.39 is 26.6 Å². The monoisotopic (exact) mass is 456 g/mol. The molecule has 3 aromatic rings. The van der Waals surface area contributed by atoms with Crippen LogP contribution in [0.3, 0.4) is 0 Å². The minimum Gasteiger partial charge on any atom is -0.488 e. The van der Waals surface area contributed by atoms with Gasteiger partial charge in [-0.1, -0.05) is 11.6 Å². The minimum absolute atomic E-state index is 0.0287. The average molecular weight is 457 g/mol. The van der Waals surface area contributed by atoms with Gasteiger partial charge in [-0.2, -0.15) is 9.49 Å². The van der Waals surface area contributed by atoms with Gasteiger partial charge >= 0.3 is 0 Å². The van der Waals surface area contributed by atoms with E-state index in [1.165, 1.54) is 36.0 Å². The summed E-state index contributed by atoms with van der Waals surface area (Å²) in [5.74, 6) is -0.984. The van der Waals surface area contributed by atoms with E-state index in [-0.39, 0.29) is 39.2 Å². The third-order valence-corrected chi connectivity index (χ3v) is 7.22. The van der Waals surface area contributed by atoms with Gasteiger partial charge < -0.3 is 15.6 Å². The van der Waals surface area contributed by atoms with Crippen LogP contribution in [0.25, 0.3) is 16.6 Å². The Kier molecular flexibility index (Phi) is 5.70. The Morgan fingerprint density at radius 3 is 2.60 bits per heavy atom. The number of nitrogens with zero attached hydrogens (tertiary/aromatic N) is 3. The molecule has 1 atom stereocenters. The molecule has 0 radical (unpaired) electrons. The number of hydrogen-bond donors (Lipinski definition) is 2. The first kappa shape index (κ1) is 22.3. The van der Waals surface area contributed by atoms with Crippen LogP contribution in [0.4, 0.5) is 10.2 Å². The molecular formula is C19H22ClFN4O4S. The van der Waals surface area contributed by atoms with E-state index in [0.29, 0.717) is 5.52 Å². The number of hydrogen-bond acceptors (Lipinski definition) is 7. The molecule has 0 bridgehead atoms. The summed E-state index contributed by atoms with van der Waals surface area (Å²) in [6.45, 7) is 6.09. The molecule has 3 N–H and O–H groups in total. The number of ether oxygens (including phenoxy) is 1. The number of aliphatic hydroxyl groups excluding tert-OH is 1. The highest BCUT2D eigenvalue weighted by Gasteiger charge is 2.34. The van der Waals surface area contributed by atoms with Crippen molar-refractivity contribution < 1.29 is 22.7 Å². The van der Waals surface area contributed by atoms with Gasteiger partial charge in [0.05, 0.1) is 33.8 Å². The average Bonchev–Trinajstić information content (AvgIpc) is 3.03. The number of anilines is 1. The van der Waals surface area contributed by atoms with Gasteiger partial charge in [0.2, 0.25) is 5.95 Å². The Bertz CT molecular complexity index is 1220. The zero-order valence-corrected chi connectivity index (χ0v) is 18.4. The molecule has 0 aliphatic carbocycles. The Morgan fingerprint density at radius 2 is 2.00 bits per heavy atom. The number of aliphatic hydroxyl groups is 1. The Hall–Kier alpha value is -2.43. The fourth-order valence-corrected chi connectivity index (χ4v) is 4.18. The standard InChI is InChI=1S/C19H22ClFN4O4S/c1-10(26)9-29-15-8-25-14(6-16(15)30(27,28)19(2,3)4)12(7-23-25)11-5-13(20)18(22)24-17(11)21/h5-8,10,26H,9H2,1-4H3,(H2,22,24)/t10-/m1/s1. The molecule has 0 aliphatic heterocycles. The molecule has 0 spiro atoms. The fourth-order valence-electron chi connectivity index (χ4n) is 2.72. The number of aromatic nitrogens is 3. The SMILES string of the molecule is C[C@@H](O)COc1cn2ncc(-c3cc(Cl)c(N)nc3F)c2cc1S(=O)(=O)C(C)(C)C. The molecule has 3 heterocycles. The van der Waals surface area contributed by atoms with E-state index in [9.17, 15) is 17.9 Å². The van der Waals surface area contributed by atoms with Crippen LogP contribution in [0, 0.1) is 5.95 Å². The van der Waals surface area contributed by atoms with Crippen molar-refractivity contribution in [2.24, 2.45) is 0 Å². The van der Waals surface area contributed by atoms with E-state index in [1.54, 1.807) is 20.8 Å². The van der Waals surface area contributed by atoms with Crippen LogP contribution in [0.2, 0.25) is 5.02 Å². The number of rotatable bonds is 5. The lowest BCUT2D eigenvalue weighted by atomic mass is 10.1. The van der Waals surface area contributed by atoms with E-state index in [2.05, 4.69) is 10.1 Å². The molecule has 0 aromatic carbocycles. The van der Waals surface area contributed by atoms with Crippen molar-refractivity contribution in [3.05, 3.63) is 35.5 Å². The molecule has 11 heteroatoms. The fraction of sp³-hybridized carbons (Fsp3) is 0.368. The number of fused-ring (bicyclic) bond motifs is 1. The van der Waals surface area contributed by atoms with Gasteiger partial charge in [0, 0.05) is 11.1 Å². The summed E-state index contributed by atoms with van der Waals surface area (Å²) < 4.78 is 46.7. The summed E-state index contributed by atoms with van der Waals surface area (Å²) in [5.41, 5.74) is 6.17. The lowest BCUT2D eigenvalue weighted by molar-refractivity contribution is 0.120. The Balaban J connectivity index is 2.29. The third-order valence-electron chi connectivity index (χ3n) is 4.41. The molecule has 0 saturated heterocycles.